The monoisotopic (exact) mass is 314 g/mol. The Balaban J connectivity index is 2.11. The standard InChI is InChI=1S/C16H18N4O3/c1-3-4-5-13(16(22)23)17-15(21)14-10-20(19-18-14)12-8-6-11(2)7-9-12/h3-4,6-10,13H,5H2,1-2H3,(H,17,21)(H,22,23)/b4-3+. The number of benzene rings is 1. The molecule has 0 saturated heterocycles. The molecule has 23 heavy (non-hydrogen) atoms. The van der Waals surface area contributed by atoms with Crippen LogP contribution < -0.4 is 5.32 Å². The number of allylic oxidation sites excluding steroid dienone is 1. The SMILES string of the molecule is C/C=C/CC(NC(=O)c1cn(-c2ccc(C)cc2)nn1)C(=O)O. The molecule has 1 aromatic carbocycles. The van der Waals surface area contributed by atoms with Gasteiger partial charge in [-0.25, -0.2) is 9.48 Å². The molecule has 2 rings (SSSR count). The van der Waals surface area contributed by atoms with E-state index in [2.05, 4.69) is 15.6 Å². The summed E-state index contributed by atoms with van der Waals surface area (Å²) >= 11 is 0. The molecule has 1 heterocycles. The van der Waals surface area contributed by atoms with Crippen molar-refractivity contribution in [3.8, 4) is 5.69 Å². The van der Waals surface area contributed by atoms with Crippen molar-refractivity contribution < 1.29 is 14.7 Å². The lowest BCUT2D eigenvalue weighted by Gasteiger charge is -2.10. The molecule has 0 fully saturated rings. The van der Waals surface area contributed by atoms with Gasteiger partial charge in [0.15, 0.2) is 5.69 Å². The third kappa shape index (κ3) is 4.26. The van der Waals surface area contributed by atoms with Gasteiger partial charge in [0.05, 0.1) is 11.9 Å². The van der Waals surface area contributed by atoms with Crippen LogP contribution in [0.3, 0.4) is 0 Å². The van der Waals surface area contributed by atoms with Crippen LogP contribution in [0.1, 0.15) is 29.4 Å². The van der Waals surface area contributed by atoms with Gasteiger partial charge >= 0.3 is 5.97 Å². The molecule has 2 N–H and O–H groups in total. The maximum Gasteiger partial charge on any atom is 0.326 e. The zero-order valence-corrected chi connectivity index (χ0v) is 12.9. The second-order valence-corrected chi connectivity index (χ2v) is 5.05. The van der Waals surface area contributed by atoms with Crippen LogP contribution in [-0.4, -0.2) is 38.0 Å². The van der Waals surface area contributed by atoms with Gasteiger partial charge in [-0.3, -0.25) is 4.79 Å². The Morgan fingerprint density at radius 1 is 1.35 bits per heavy atom. The summed E-state index contributed by atoms with van der Waals surface area (Å²) in [5.74, 6) is -1.66. The molecular weight excluding hydrogens is 296 g/mol. The summed E-state index contributed by atoms with van der Waals surface area (Å²) in [5.41, 5.74) is 1.95. The lowest BCUT2D eigenvalue weighted by Crippen LogP contribution is -2.40. The second-order valence-electron chi connectivity index (χ2n) is 5.05. The number of aromatic nitrogens is 3. The summed E-state index contributed by atoms with van der Waals surface area (Å²) in [6, 6.07) is 6.57. The van der Waals surface area contributed by atoms with Crippen LogP contribution in [0, 0.1) is 6.92 Å². The van der Waals surface area contributed by atoms with Crippen molar-refractivity contribution in [3.05, 3.63) is 53.9 Å². The predicted molar refractivity (Wildman–Crippen MR) is 84.4 cm³/mol. The van der Waals surface area contributed by atoms with Crippen LogP contribution in [0.2, 0.25) is 0 Å². The molecule has 1 aromatic heterocycles. The van der Waals surface area contributed by atoms with Crippen molar-refractivity contribution in [2.75, 3.05) is 0 Å². The van der Waals surface area contributed by atoms with E-state index in [0.717, 1.165) is 11.3 Å². The lowest BCUT2D eigenvalue weighted by atomic mass is 10.2. The lowest BCUT2D eigenvalue weighted by molar-refractivity contribution is -0.139. The third-order valence-corrected chi connectivity index (χ3v) is 3.24. The van der Waals surface area contributed by atoms with Gasteiger partial charge in [0.25, 0.3) is 5.91 Å². The molecule has 2 aromatic rings. The molecule has 1 amide bonds. The highest BCUT2D eigenvalue weighted by Gasteiger charge is 2.21. The molecule has 0 radical (unpaired) electrons. The summed E-state index contributed by atoms with van der Waals surface area (Å²) in [4.78, 5) is 23.2. The van der Waals surface area contributed by atoms with Gasteiger partial charge in [-0.2, -0.15) is 0 Å². The van der Waals surface area contributed by atoms with Crippen LogP contribution in [0.5, 0.6) is 0 Å². The summed E-state index contributed by atoms with van der Waals surface area (Å²) in [5, 5.41) is 19.2. The summed E-state index contributed by atoms with van der Waals surface area (Å²) < 4.78 is 1.47. The quantitative estimate of drug-likeness (QED) is 0.791. The van der Waals surface area contributed by atoms with Crippen LogP contribution in [0.15, 0.2) is 42.6 Å². The zero-order chi connectivity index (χ0) is 16.8. The summed E-state index contributed by atoms with van der Waals surface area (Å²) in [6.45, 7) is 3.76. The van der Waals surface area contributed by atoms with Crippen LogP contribution in [0.25, 0.3) is 5.69 Å². The van der Waals surface area contributed by atoms with Gasteiger partial charge in [-0.1, -0.05) is 35.1 Å². The van der Waals surface area contributed by atoms with E-state index in [9.17, 15) is 9.59 Å². The molecule has 120 valence electrons. The smallest absolute Gasteiger partial charge is 0.326 e. The maximum absolute atomic E-state index is 12.1. The minimum absolute atomic E-state index is 0.0669. The minimum Gasteiger partial charge on any atom is -0.480 e. The van der Waals surface area contributed by atoms with E-state index in [-0.39, 0.29) is 12.1 Å². The highest BCUT2D eigenvalue weighted by molar-refractivity contribution is 5.94. The number of carboxylic acids is 1. The first-order valence-corrected chi connectivity index (χ1v) is 7.15. The molecule has 7 heteroatoms. The zero-order valence-electron chi connectivity index (χ0n) is 12.9. The first-order valence-electron chi connectivity index (χ1n) is 7.15. The molecule has 1 atom stereocenters. The molecule has 0 aliphatic carbocycles. The van der Waals surface area contributed by atoms with Gasteiger partial charge in [-0.15, -0.1) is 5.10 Å². The molecule has 1 unspecified atom stereocenters. The van der Waals surface area contributed by atoms with E-state index in [1.807, 2.05) is 31.2 Å². The second kappa shape index (κ2) is 7.35. The van der Waals surface area contributed by atoms with Crippen LogP contribution in [-0.2, 0) is 4.79 Å². The highest BCUT2D eigenvalue weighted by Crippen LogP contribution is 2.08. The molecule has 7 nitrogen and oxygen atoms in total. The fourth-order valence-electron chi connectivity index (χ4n) is 1.92. The van der Waals surface area contributed by atoms with Gasteiger partial charge in [0.2, 0.25) is 0 Å². The highest BCUT2D eigenvalue weighted by atomic mass is 16.4. The maximum atomic E-state index is 12.1. The Labute approximate surface area is 133 Å². The van der Waals surface area contributed by atoms with E-state index < -0.39 is 17.9 Å². The van der Waals surface area contributed by atoms with E-state index in [1.165, 1.54) is 10.9 Å². The number of nitrogens with zero attached hydrogens (tertiary/aromatic N) is 3. The fourth-order valence-corrected chi connectivity index (χ4v) is 1.92. The number of hydrogen-bond acceptors (Lipinski definition) is 4. The Kier molecular flexibility index (Phi) is 5.24. The van der Waals surface area contributed by atoms with Crippen LogP contribution >= 0.6 is 0 Å². The first kappa shape index (κ1) is 16.4. The topological polar surface area (TPSA) is 97.1 Å². The minimum atomic E-state index is -1.10. The number of hydrogen-bond donors (Lipinski definition) is 2. The number of carbonyl (C=O) groups is 2. The predicted octanol–water partition coefficient (Wildman–Crippen LogP) is 1.72. The molecular formula is C16H18N4O3. The normalized spacial score (nSPS) is 12.3. The van der Waals surface area contributed by atoms with E-state index in [0.29, 0.717) is 0 Å². The van der Waals surface area contributed by atoms with E-state index in [1.54, 1.807) is 19.1 Å². The summed E-state index contributed by atoms with van der Waals surface area (Å²) in [7, 11) is 0. The van der Waals surface area contributed by atoms with E-state index in [4.69, 9.17) is 5.11 Å². The Bertz CT molecular complexity index is 719. The van der Waals surface area contributed by atoms with Gasteiger partial charge in [0, 0.05) is 0 Å². The average Bonchev–Trinajstić information content (AvgIpc) is 3.01. The van der Waals surface area contributed by atoms with Crippen LogP contribution in [0.4, 0.5) is 0 Å². The number of amides is 1. The van der Waals surface area contributed by atoms with Gasteiger partial charge in [0.1, 0.15) is 6.04 Å². The number of carbonyl (C=O) groups excluding carboxylic acids is 1. The Hall–Kier alpha value is -2.96. The Morgan fingerprint density at radius 2 is 2.04 bits per heavy atom. The fraction of sp³-hybridized carbons (Fsp3) is 0.250. The number of rotatable bonds is 6. The number of nitrogens with one attached hydrogen (secondary N) is 1. The van der Waals surface area contributed by atoms with Gasteiger partial charge < -0.3 is 10.4 Å². The van der Waals surface area contributed by atoms with Crippen molar-refractivity contribution in [1.82, 2.24) is 20.3 Å². The molecule has 0 bridgehead atoms. The number of aryl methyl sites for hydroxylation is 1. The van der Waals surface area contributed by atoms with Crippen molar-refractivity contribution in [1.29, 1.82) is 0 Å². The summed E-state index contributed by atoms with van der Waals surface area (Å²) in [6.07, 6.45) is 5.09. The largest absolute Gasteiger partial charge is 0.480 e. The van der Waals surface area contributed by atoms with Crippen molar-refractivity contribution in [3.63, 3.8) is 0 Å². The van der Waals surface area contributed by atoms with Crippen molar-refractivity contribution in [2.45, 2.75) is 26.3 Å². The Morgan fingerprint density at radius 3 is 2.65 bits per heavy atom. The average molecular weight is 314 g/mol. The molecule has 0 spiro atoms. The third-order valence-electron chi connectivity index (χ3n) is 3.24. The molecule has 0 aliphatic heterocycles. The molecule has 0 saturated carbocycles. The van der Waals surface area contributed by atoms with Crippen molar-refractivity contribution >= 4 is 11.9 Å². The number of carboxylic acid groups (broad SMARTS) is 1. The van der Waals surface area contributed by atoms with Gasteiger partial charge in [-0.05, 0) is 32.4 Å². The first-order chi connectivity index (χ1) is 11.0. The van der Waals surface area contributed by atoms with E-state index >= 15 is 0 Å². The number of aliphatic carboxylic acids is 1. The molecule has 0 aliphatic rings. The van der Waals surface area contributed by atoms with Crippen molar-refractivity contribution in [2.24, 2.45) is 0 Å².